The molecule has 0 spiro atoms. The van der Waals surface area contributed by atoms with E-state index in [1.165, 1.54) is 12.8 Å². The van der Waals surface area contributed by atoms with Gasteiger partial charge in [-0.2, -0.15) is 0 Å². The van der Waals surface area contributed by atoms with Gasteiger partial charge in [-0.05, 0) is 32.1 Å². The van der Waals surface area contributed by atoms with Crippen LogP contribution in [0.2, 0.25) is 0 Å². The molecule has 74 valence electrons. The second kappa shape index (κ2) is 6.01. The summed E-state index contributed by atoms with van der Waals surface area (Å²) in [6.07, 6.45) is 11.9. The Hall–Kier alpha value is -0.520. The number of terminal acetylenes is 1. The molecule has 1 aliphatic carbocycles. The van der Waals surface area contributed by atoms with Crippen molar-refractivity contribution in [3.8, 4) is 12.3 Å². The van der Waals surface area contributed by atoms with Crippen LogP contribution in [0.15, 0.2) is 0 Å². The maximum absolute atomic E-state index is 5.84. The Morgan fingerprint density at radius 1 is 1.46 bits per heavy atom. The molecule has 2 unspecified atom stereocenters. The van der Waals surface area contributed by atoms with E-state index in [1.54, 1.807) is 0 Å². The van der Waals surface area contributed by atoms with E-state index in [0.29, 0.717) is 12.1 Å². The molecule has 0 aromatic rings. The molecule has 0 aliphatic heterocycles. The van der Waals surface area contributed by atoms with Crippen molar-refractivity contribution in [1.29, 1.82) is 0 Å². The molecule has 0 bridgehead atoms. The van der Waals surface area contributed by atoms with Crippen molar-refractivity contribution in [2.45, 2.75) is 50.7 Å². The molecule has 1 rings (SSSR count). The molecule has 1 aliphatic rings. The summed E-state index contributed by atoms with van der Waals surface area (Å²) in [6, 6.07) is 0.353. The Bertz CT molecular complexity index is 173. The molecule has 2 N–H and O–H groups in total. The zero-order valence-corrected chi connectivity index (χ0v) is 8.17. The number of unbranched alkanes of at least 4 members (excludes halogenated alkanes) is 1. The number of nitrogens with two attached hydrogens (primary N) is 1. The highest BCUT2D eigenvalue weighted by Crippen LogP contribution is 2.19. The quantitative estimate of drug-likeness (QED) is 0.529. The van der Waals surface area contributed by atoms with Crippen LogP contribution < -0.4 is 5.73 Å². The van der Waals surface area contributed by atoms with Gasteiger partial charge < -0.3 is 10.5 Å². The van der Waals surface area contributed by atoms with Crippen LogP contribution in [0.1, 0.15) is 38.5 Å². The summed E-state index contributed by atoms with van der Waals surface area (Å²) < 4.78 is 5.68. The van der Waals surface area contributed by atoms with E-state index < -0.39 is 0 Å². The van der Waals surface area contributed by atoms with E-state index in [9.17, 15) is 0 Å². The van der Waals surface area contributed by atoms with E-state index in [2.05, 4.69) is 5.92 Å². The summed E-state index contributed by atoms with van der Waals surface area (Å²) in [4.78, 5) is 0. The van der Waals surface area contributed by atoms with Crippen molar-refractivity contribution in [2.24, 2.45) is 5.73 Å². The maximum atomic E-state index is 5.84. The van der Waals surface area contributed by atoms with Gasteiger partial charge in [0.1, 0.15) is 0 Å². The zero-order valence-electron chi connectivity index (χ0n) is 8.17. The Kier molecular flexibility index (Phi) is 4.88. The van der Waals surface area contributed by atoms with Gasteiger partial charge in [-0.3, -0.25) is 0 Å². The monoisotopic (exact) mass is 181 g/mol. The lowest BCUT2D eigenvalue weighted by Crippen LogP contribution is -2.32. The fourth-order valence-corrected chi connectivity index (χ4v) is 1.76. The van der Waals surface area contributed by atoms with Gasteiger partial charge in [0.25, 0.3) is 0 Å². The molecule has 0 heterocycles. The first-order chi connectivity index (χ1) is 6.33. The summed E-state index contributed by atoms with van der Waals surface area (Å²) in [5.41, 5.74) is 5.84. The molecule has 1 fully saturated rings. The van der Waals surface area contributed by atoms with Crippen molar-refractivity contribution < 1.29 is 4.74 Å². The minimum Gasteiger partial charge on any atom is -0.378 e. The summed E-state index contributed by atoms with van der Waals surface area (Å²) in [5.74, 6) is 2.61. The predicted molar refractivity (Wildman–Crippen MR) is 54.3 cm³/mol. The van der Waals surface area contributed by atoms with E-state index in [0.717, 1.165) is 32.3 Å². The summed E-state index contributed by atoms with van der Waals surface area (Å²) in [5, 5.41) is 0. The number of hydrogen-bond donors (Lipinski definition) is 1. The first kappa shape index (κ1) is 10.6. The second-order valence-corrected chi connectivity index (χ2v) is 3.73. The third-order valence-corrected chi connectivity index (χ3v) is 2.49. The van der Waals surface area contributed by atoms with Crippen LogP contribution in [-0.2, 0) is 4.74 Å². The standard InChI is InChI=1S/C11H19NO/c1-2-3-4-8-13-11-7-5-6-10(12)9-11/h1,10-11H,3-9,12H2. The largest absolute Gasteiger partial charge is 0.378 e. The lowest BCUT2D eigenvalue weighted by Gasteiger charge is -2.26. The highest BCUT2D eigenvalue weighted by molar-refractivity contribution is 4.83. The van der Waals surface area contributed by atoms with Crippen molar-refractivity contribution in [1.82, 2.24) is 0 Å². The molecule has 0 amide bonds. The Labute approximate surface area is 80.8 Å². The molecule has 2 atom stereocenters. The van der Waals surface area contributed by atoms with Crippen molar-refractivity contribution in [3.63, 3.8) is 0 Å². The maximum Gasteiger partial charge on any atom is 0.0589 e. The van der Waals surface area contributed by atoms with E-state index in [-0.39, 0.29) is 0 Å². The summed E-state index contributed by atoms with van der Waals surface area (Å²) >= 11 is 0. The number of hydrogen-bond acceptors (Lipinski definition) is 2. The van der Waals surface area contributed by atoms with Crippen LogP contribution in [0.4, 0.5) is 0 Å². The van der Waals surface area contributed by atoms with Crippen LogP contribution in [0.5, 0.6) is 0 Å². The van der Waals surface area contributed by atoms with Crippen LogP contribution >= 0.6 is 0 Å². The van der Waals surface area contributed by atoms with Crippen molar-refractivity contribution >= 4 is 0 Å². The lowest BCUT2D eigenvalue weighted by molar-refractivity contribution is 0.0229. The van der Waals surface area contributed by atoms with Gasteiger partial charge in [0.2, 0.25) is 0 Å². The van der Waals surface area contributed by atoms with E-state index in [1.807, 2.05) is 0 Å². The highest BCUT2D eigenvalue weighted by Gasteiger charge is 2.18. The minimum atomic E-state index is 0.353. The van der Waals surface area contributed by atoms with Gasteiger partial charge >= 0.3 is 0 Å². The van der Waals surface area contributed by atoms with E-state index >= 15 is 0 Å². The Balaban J connectivity index is 2.04. The molecular formula is C11H19NO. The normalized spacial score (nSPS) is 28.3. The summed E-state index contributed by atoms with van der Waals surface area (Å²) in [7, 11) is 0. The average molecular weight is 181 g/mol. The van der Waals surface area contributed by atoms with Gasteiger partial charge in [0, 0.05) is 19.1 Å². The average Bonchev–Trinajstić information content (AvgIpc) is 2.13. The molecular weight excluding hydrogens is 162 g/mol. The number of rotatable bonds is 4. The molecule has 0 radical (unpaired) electrons. The van der Waals surface area contributed by atoms with E-state index in [4.69, 9.17) is 16.9 Å². The Morgan fingerprint density at radius 2 is 2.31 bits per heavy atom. The first-order valence-corrected chi connectivity index (χ1v) is 5.13. The molecule has 0 aromatic carbocycles. The van der Waals surface area contributed by atoms with Gasteiger partial charge in [-0.1, -0.05) is 0 Å². The Morgan fingerprint density at radius 3 is 3.00 bits per heavy atom. The molecule has 13 heavy (non-hydrogen) atoms. The third kappa shape index (κ3) is 4.31. The summed E-state index contributed by atoms with van der Waals surface area (Å²) in [6.45, 7) is 0.793. The molecule has 2 nitrogen and oxygen atoms in total. The fraction of sp³-hybridized carbons (Fsp3) is 0.818. The lowest BCUT2D eigenvalue weighted by atomic mass is 9.93. The topological polar surface area (TPSA) is 35.2 Å². The van der Waals surface area contributed by atoms with Crippen LogP contribution in [0.3, 0.4) is 0 Å². The first-order valence-electron chi connectivity index (χ1n) is 5.13. The fourth-order valence-electron chi connectivity index (χ4n) is 1.76. The molecule has 1 saturated carbocycles. The zero-order chi connectivity index (χ0) is 9.52. The smallest absolute Gasteiger partial charge is 0.0589 e. The SMILES string of the molecule is C#CCCCOC1CCCC(N)C1. The van der Waals surface area contributed by atoms with Crippen LogP contribution in [0, 0.1) is 12.3 Å². The van der Waals surface area contributed by atoms with Gasteiger partial charge in [0.05, 0.1) is 6.10 Å². The van der Waals surface area contributed by atoms with Crippen molar-refractivity contribution in [2.75, 3.05) is 6.61 Å². The van der Waals surface area contributed by atoms with Gasteiger partial charge in [0.15, 0.2) is 0 Å². The van der Waals surface area contributed by atoms with Gasteiger partial charge in [-0.25, -0.2) is 0 Å². The number of ether oxygens (including phenoxy) is 1. The van der Waals surface area contributed by atoms with Crippen LogP contribution in [-0.4, -0.2) is 18.8 Å². The highest BCUT2D eigenvalue weighted by atomic mass is 16.5. The minimum absolute atomic E-state index is 0.353. The van der Waals surface area contributed by atoms with Crippen molar-refractivity contribution in [3.05, 3.63) is 0 Å². The van der Waals surface area contributed by atoms with Crippen LogP contribution in [0.25, 0.3) is 0 Å². The molecule has 0 saturated heterocycles. The third-order valence-electron chi connectivity index (χ3n) is 2.49. The predicted octanol–water partition coefficient (Wildman–Crippen LogP) is 1.69. The molecule has 2 heteroatoms. The molecule has 0 aromatic heterocycles. The second-order valence-electron chi connectivity index (χ2n) is 3.73. The van der Waals surface area contributed by atoms with Gasteiger partial charge in [-0.15, -0.1) is 12.3 Å².